The van der Waals surface area contributed by atoms with Crippen LogP contribution in [0.3, 0.4) is 0 Å². The first-order valence-electron chi connectivity index (χ1n) is 9.36. The Morgan fingerprint density at radius 3 is 1.96 bits per heavy atom. The van der Waals surface area contributed by atoms with Crippen molar-refractivity contribution in [3.8, 4) is 11.1 Å². The van der Waals surface area contributed by atoms with Crippen molar-refractivity contribution >= 4 is 11.4 Å². The van der Waals surface area contributed by atoms with Crippen LogP contribution in [0.5, 0.6) is 0 Å². The highest BCUT2D eigenvalue weighted by Gasteiger charge is 2.35. The number of hydrogen-bond acceptors (Lipinski definition) is 1. The zero-order chi connectivity index (χ0) is 18.6. The van der Waals surface area contributed by atoms with E-state index in [1.165, 1.54) is 50.3 Å². The molecule has 0 radical (unpaired) electrons. The Bertz CT molecular complexity index is 1010. The molecule has 0 aliphatic heterocycles. The van der Waals surface area contributed by atoms with Crippen molar-refractivity contribution in [2.75, 3.05) is 11.9 Å². The van der Waals surface area contributed by atoms with Gasteiger partial charge < -0.3 is 4.90 Å². The minimum absolute atomic E-state index is 0.0376. The van der Waals surface area contributed by atoms with Crippen LogP contribution in [0.2, 0.25) is 0 Å². The van der Waals surface area contributed by atoms with E-state index < -0.39 is 0 Å². The van der Waals surface area contributed by atoms with Gasteiger partial charge in [0.25, 0.3) is 0 Å². The van der Waals surface area contributed by atoms with Gasteiger partial charge in [0.2, 0.25) is 0 Å². The van der Waals surface area contributed by atoms with E-state index in [-0.39, 0.29) is 5.41 Å². The van der Waals surface area contributed by atoms with Crippen LogP contribution in [-0.4, -0.2) is 7.05 Å². The summed E-state index contributed by atoms with van der Waals surface area (Å²) >= 11 is 0. The number of anilines is 2. The quantitative estimate of drug-likeness (QED) is 0.502. The Kier molecular flexibility index (Phi) is 3.73. The summed E-state index contributed by atoms with van der Waals surface area (Å²) in [4.78, 5) is 2.30. The van der Waals surface area contributed by atoms with Gasteiger partial charge in [-0.25, -0.2) is 0 Å². The van der Waals surface area contributed by atoms with Gasteiger partial charge in [0.1, 0.15) is 0 Å². The Morgan fingerprint density at radius 1 is 0.692 bits per heavy atom. The molecular formula is C25H27N. The first-order valence-corrected chi connectivity index (χ1v) is 9.36. The monoisotopic (exact) mass is 341 g/mol. The van der Waals surface area contributed by atoms with E-state index in [0.717, 1.165) is 0 Å². The lowest BCUT2D eigenvalue weighted by atomic mass is 9.82. The number of benzene rings is 3. The lowest BCUT2D eigenvalue weighted by Crippen LogP contribution is -2.17. The molecule has 0 heterocycles. The molecular weight excluding hydrogens is 314 g/mol. The third-order valence-corrected chi connectivity index (χ3v) is 5.92. The molecule has 1 heteroatoms. The van der Waals surface area contributed by atoms with Gasteiger partial charge >= 0.3 is 0 Å². The maximum absolute atomic E-state index is 2.38. The molecule has 0 saturated carbocycles. The lowest BCUT2D eigenvalue weighted by molar-refractivity contribution is 0.659. The number of rotatable bonds is 2. The van der Waals surface area contributed by atoms with Gasteiger partial charge in [0, 0.05) is 23.8 Å². The van der Waals surface area contributed by atoms with Crippen molar-refractivity contribution in [3.63, 3.8) is 0 Å². The molecule has 4 rings (SSSR count). The molecule has 0 amide bonds. The summed E-state index contributed by atoms with van der Waals surface area (Å²) in [6.07, 6.45) is 0. The maximum Gasteiger partial charge on any atom is 0.0437 e. The van der Waals surface area contributed by atoms with Crippen LogP contribution in [0.25, 0.3) is 11.1 Å². The predicted molar refractivity (Wildman–Crippen MR) is 113 cm³/mol. The molecule has 0 bridgehead atoms. The maximum atomic E-state index is 2.38. The predicted octanol–water partition coefficient (Wildman–Crippen LogP) is 6.69. The van der Waals surface area contributed by atoms with Crippen LogP contribution >= 0.6 is 0 Å². The van der Waals surface area contributed by atoms with E-state index >= 15 is 0 Å². The van der Waals surface area contributed by atoms with E-state index in [2.05, 4.69) is 101 Å². The van der Waals surface area contributed by atoms with Gasteiger partial charge in [-0.15, -0.1) is 0 Å². The number of nitrogens with zero attached hydrogens (tertiary/aromatic N) is 1. The van der Waals surface area contributed by atoms with E-state index in [4.69, 9.17) is 0 Å². The lowest BCUT2D eigenvalue weighted by Gasteiger charge is -2.26. The fourth-order valence-electron chi connectivity index (χ4n) is 4.37. The van der Waals surface area contributed by atoms with Crippen molar-refractivity contribution in [2.24, 2.45) is 0 Å². The molecule has 0 atom stereocenters. The summed E-state index contributed by atoms with van der Waals surface area (Å²) in [6.45, 7) is 11.2. The van der Waals surface area contributed by atoms with Crippen molar-refractivity contribution in [3.05, 3.63) is 82.4 Å². The first-order chi connectivity index (χ1) is 12.3. The topological polar surface area (TPSA) is 3.24 Å². The van der Waals surface area contributed by atoms with Crippen LogP contribution in [0.1, 0.15) is 41.7 Å². The van der Waals surface area contributed by atoms with Crippen LogP contribution in [0.4, 0.5) is 11.4 Å². The molecule has 1 aliphatic carbocycles. The summed E-state index contributed by atoms with van der Waals surface area (Å²) < 4.78 is 0. The Balaban J connectivity index is 1.82. The molecule has 0 unspecified atom stereocenters. The Labute approximate surface area is 157 Å². The van der Waals surface area contributed by atoms with Gasteiger partial charge in [-0.05, 0) is 66.8 Å². The number of hydrogen-bond donors (Lipinski definition) is 0. The largest absolute Gasteiger partial charge is 0.344 e. The fraction of sp³-hybridized carbons (Fsp3) is 0.280. The summed E-state index contributed by atoms with van der Waals surface area (Å²) in [5.41, 5.74) is 12.1. The van der Waals surface area contributed by atoms with Crippen molar-refractivity contribution < 1.29 is 0 Å². The minimum Gasteiger partial charge on any atom is -0.344 e. The minimum atomic E-state index is 0.0376. The highest BCUT2D eigenvalue weighted by atomic mass is 15.1. The molecule has 1 aliphatic rings. The molecule has 3 aromatic rings. The normalized spacial score (nSPS) is 14.1. The zero-order valence-electron chi connectivity index (χ0n) is 16.6. The van der Waals surface area contributed by atoms with Crippen LogP contribution in [0.15, 0.2) is 54.6 Å². The number of aryl methyl sites for hydroxylation is 3. The third kappa shape index (κ3) is 2.46. The second kappa shape index (κ2) is 5.74. The second-order valence-corrected chi connectivity index (χ2v) is 8.25. The highest BCUT2D eigenvalue weighted by Crippen LogP contribution is 2.50. The average Bonchev–Trinajstić information content (AvgIpc) is 2.81. The molecule has 26 heavy (non-hydrogen) atoms. The standard InChI is InChI=1S/C25H27N/c1-16-8-12-24(18(3)13-16)26(6)19-9-11-21-20-10-7-17(2)14-22(20)25(4,5)23(21)15-19/h7-15H,1-6H3. The summed E-state index contributed by atoms with van der Waals surface area (Å²) in [6, 6.07) is 20.5. The molecule has 1 nitrogen and oxygen atoms in total. The van der Waals surface area contributed by atoms with Crippen LogP contribution in [0, 0.1) is 20.8 Å². The highest BCUT2D eigenvalue weighted by molar-refractivity contribution is 5.83. The summed E-state index contributed by atoms with van der Waals surface area (Å²) in [5, 5.41) is 0. The Hall–Kier alpha value is -2.54. The summed E-state index contributed by atoms with van der Waals surface area (Å²) in [7, 11) is 2.17. The van der Waals surface area contributed by atoms with Gasteiger partial charge in [-0.1, -0.05) is 61.4 Å². The second-order valence-electron chi connectivity index (χ2n) is 8.25. The van der Waals surface area contributed by atoms with Gasteiger partial charge in [0.15, 0.2) is 0 Å². The molecule has 0 aromatic heterocycles. The van der Waals surface area contributed by atoms with Crippen LogP contribution in [-0.2, 0) is 5.41 Å². The molecule has 0 N–H and O–H groups in total. The number of fused-ring (bicyclic) bond motifs is 3. The molecule has 3 aromatic carbocycles. The van der Waals surface area contributed by atoms with Crippen molar-refractivity contribution in [1.29, 1.82) is 0 Å². The van der Waals surface area contributed by atoms with E-state index in [1.54, 1.807) is 0 Å². The van der Waals surface area contributed by atoms with Crippen molar-refractivity contribution in [2.45, 2.75) is 40.0 Å². The third-order valence-electron chi connectivity index (χ3n) is 5.92. The SMILES string of the molecule is Cc1ccc(N(C)c2ccc3c(c2)C(C)(C)c2cc(C)ccc2-3)c(C)c1. The molecule has 132 valence electrons. The van der Waals surface area contributed by atoms with Gasteiger partial charge in [-0.2, -0.15) is 0 Å². The Morgan fingerprint density at radius 2 is 1.27 bits per heavy atom. The molecule has 0 saturated heterocycles. The van der Waals surface area contributed by atoms with E-state index in [1.807, 2.05) is 0 Å². The molecule has 0 fully saturated rings. The molecule has 0 spiro atoms. The van der Waals surface area contributed by atoms with E-state index in [0.29, 0.717) is 0 Å². The van der Waals surface area contributed by atoms with Gasteiger partial charge in [-0.3, -0.25) is 0 Å². The van der Waals surface area contributed by atoms with E-state index in [9.17, 15) is 0 Å². The van der Waals surface area contributed by atoms with Crippen LogP contribution < -0.4 is 4.90 Å². The first kappa shape index (κ1) is 16.9. The van der Waals surface area contributed by atoms with Crippen molar-refractivity contribution in [1.82, 2.24) is 0 Å². The van der Waals surface area contributed by atoms with Gasteiger partial charge in [0.05, 0.1) is 0 Å². The fourth-order valence-corrected chi connectivity index (χ4v) is 4.37. The smallest absolute Gasteiger partial charge is 0.0437 e. The summed E-state index contributed by atoms with van der Waals surface area (Å²) in [5.74, 6) is 0. The average molecular weight is 341 g/mol. The zero-order valence-corrected chi connectivity index (χ0v) is 16.6.